The first kappa shape index (κ1) is 66.2. The number of likely N-dealkylation sites (N-methyl/N-ethyl adjacent to an activating group) is 2. The minimum atomic E-state index is -0.914. The van der Waals surface area contributed by atoms with Gasteiger partial charge in [0.2, 0.25) is 35.4 Å². The molecule has 5 aromatic rings. The van der Waals surface area contributed by atoms with Gasteiger partial charge in [0.05, 0.1) is 24.2 Å². The van der Waals surface area contributed by atoms with Gasteiger partial charge in [-0.25, -0.2) is 0 Å². The summed E-state index contributed by atoms with van der Waals surface area (Å²) >= 11 is 0. The SMILES string of the molecule is CN[C@@H](C)C(=O)N[C@@H](CCCCNC(=O)c1cc(C(=O)NCCCC[C@H](NC(=O)[C@H](C)NC)C(=O)N2CCC[C@H]2C(=O)NC(c2ccccc2)c2ccccc2)[nH]n1)C(=O)N1CCC[C@H]1C(=O)NC(c1ccccc1)c1ccccc1.Cl.Cl. The smallest absolute Gasteiger partial charge is 0.271 e. The zero-order chi connectivity index (χ0) is 57.7. The number of unbranched alkanes of at least 4 members (excludes halogenated alkanes) is 2. The Bertz CT molecular complexity index is 2620. The maximum Gasteiger partial charge on any atom is 0.271 e. The molecule has 6 atom stereocenters. The first-order valence-corrected chi connectivity index (χ1v) is 28.3. The van der Waals surface area contributed by atoms with Crippen LogP contribution in [0.15, 0.2) is 127 Å². The van der Waals surface area contributed by atoms with Crippen molar-refractivity contribution in [1.29, 1.82) is 0 Å². The molecule has 22 heteroatoms. The molecule has 0 spiro atoms. The van der Waals surface area contributed by atoms with Gasteiger partial charge in [0.15, 0.2) is 5.69 Å². The van der Waals surface area contributed by atoms with E-state index < -0.39 is 60.1 Å². The molecule has 0 aliphatic carbocycles. The number of hydrogen-bond donors (Lipinski definition) is 9. The van der Waals surface area contributed by atoms with Crippen molar-refractivity contribution in [3.63, 3.8) is 0 Å². The van der Waals surface area contributed by atoms with Gasteiger partial charge in [0, 0.05) is 32.2 Å². The number of likely N-dealkylation sites (tertiary alicyclic amines) is 2. The van der Waals surface area contributed by atoms with E-state index in [1.807, 2.05) is 121 Å². The highest BCUT2D eigenvalue weighted by Crippen LogP contribution is 2.27. The zero-order valence-electron chi connectivity index (χ0n) is 47.6. The van der Waals surface area contributed by atoms with E-state index >= 15 is 0 Å². The Kier molecular flexibility index (Phi) is 26.7. The highest BCUT2D eigenvalue weighted by Gasteiger charge is 2.40. The van der Waals surface area contributed by atoms with Crippen molar-refractivity contribution < 1.29 is 38.4 Å². The van der Waals surface area contributed by atoms with Crippen LogP contribution in [0.3, 0.4) is 0 Å². The second-order valence-electron chi connectivity index (χ2n) is 20.7. The average Bonchev–Trinajstić information content (AvgIpc) is 4.55. The number of aromatic amines is 1. The van der Waals surface area contributed by atoms with Crippen molar-refractivity contribution >= 4 is 72.1 Å². The van der Waals surface area contributed by atoms with Crippen molar-refractivity contribution in [2.75, 3.05) is 40.3 Å². The van der Waals surface area contributed by atoms with Crippen LogP contribution in [-0.2, 0) is 28.8 Å². The highest BCUT2D eigenvalue weighted by atomic mass is 35.5. The van der Waals surface area contributed by atoms with Crippen LogP contribution in [0.2, 0.25) is 0 Å². The number of benzene rings is 4. The Morgan fingerprint density at radius 3 is 1.24 bits per heavy atom. The maximum atomic E-state index is 14.3. The quantitative estimate of drug-likeness (QED) is 0.0300. The molecule has 8 amide bonds. The lowest BCUT2D eigenvalue weighted by molar-refractivity contribution is -0.142. The van der Waals surface area contributed by atoms with E-state index in [2.05, 4.69) is 52.7 Å². The Labute approximate surface area is 498 Å². The Balaban J connectivity index is 0.00000631. The Morgan fingerprint density at radius 2 is 0.880 bits per heavy atom. The van der Waals surface area contributed by atoms with Gasteiger partial charge in [-0.3, -0.25) is 43.5 Å². The third kappa shape index (κ3) is 18.4. The van der Waals surface area contributed by atoms with Crippen molar-refractivity contribution in [3.8, 4) is 0 Å². The van der Waals surface area contributed by atoms with Gasteiger partial charge < -0.3 is 52.3 Å². The van der Waals surface area contributed by atoms with Crippen LogP contribution in [0.25, 0.3) is 0 Å². The number of aromatic nitrogens is 2. The number of halogens is 2. The zero-order valence-corrected chi connectivity index (χ0v) is 49.2. The summed E-state index contributed by atoms with van der Waals surface area (Å²) in [5.74, 6) is -2.97. The molecule has 0 saturated carbocycles. The molecular formula is C61H80Cl2N12O8. The molecule has 446 valence electrons. The number of carbonyl (C=O) groups is 8. The van der Waals surface area contributed by atoms with E-state index in [0.717, 1.165) is 22.3 Å². The van der Waals surface area contributed by atoms with Crippen LogP contribution in [0.4, 0.5) is 0 Å². The predicted octanol–water partition coefficient (Wildman–Crippen LogP) is 5.03. The summed E-state index contributed by atoms with van der Waals surface area (Å²) in [6.45, 7) is 4.56. The third-order valence-electron chi connectivity index (χ3n) is 15.1. The summed E-state index contributed by atoms with van der Waals surface area (Å²) in [4.78, 5) is 112. The standard InChI is InChI=1S/C61H78N12O8.2ClH/c1-40(62-3)54(74)66-46(60(80)72-37-21-33-50(72)58(78)68-52(42-23-9-5-10-24-42)43-25-11-6-12-26-43)31-17-19-35-64-56(76)48-39-49(71-70-48)57(77)65-36-20-18-32-47(67-55(75)41(2)63-4)61(81)73-38-22-34-51(73)59(79)69-53(44-27-13-7-14-28-44)45-29-15-8-16-30-45;;/h5-16,23-30,39-41,46-47,50-53,62-63H,17-22,31-38H2,1-4H3,(H,64,76)(H,65,77)(H,66,74)(H,67,75)(H,68,78)(H,69,79)(H,70,71);2*1H/t40-,41-,46-,47-,50-,51-;;/m0../s1. The van der Waals surface area contributed by atoms with Crippen LogP contribution in [-0.4, -0.2) is 144 Å². The largest absolute Gasteiger partial charge is 0.351 e. The van der Waals surface area contributed by atoms with Gasteiger partial charge in [-0.2, -0.15) is 5.10 Å². The molecule has 3 heterocycles. The number of rotatable bonds is 28. The topological polar surface area (TPSA) is 268 Å². The fraction of sp³-hybridized carbons (Fsp3) is 0.426. The lowest BCUT2D eigenvalue weighted by atomic mass is 9.98. The summed E-state index contributed by atoms with van der Waals surface area (Å²) in [5.41, 5.74) is 3.69. The van der Waals surface area contributed by atoms with Crippen LogP contribution in [0, 0.1) is 0 Å². The predicted molar refractivity (Wildman–Crippen MR) is 322 cm³/mol. The minimum Gasteiger partial charge on any atom is -0.351 e. The molecule has 0 unspecified atom stereocenters. The third-order valence-corrected chi connectivity index (χ3v) is 15.1. The van der Waals surface area contributed by atoms with Gasteiger partial charge in [0.25, 0.3) is 11.8 Å². The lowest BCUT2D eigenvalue weighted by Crippen LogP contribution is -2.55. The first-order chi connectivity index (χ1) is 39.3. The monoisotopic (exact) mass is 1180 g/mol. The van der Waals surface area contributed by atoms with Crippen LogP contribution in [0.5, 0.6) is 0 Å². The minimum absolute atomic E-state index is 0. The molecule has 2 aliphatic rings. The summed E-state index contributed by atoms with van der Waals surface area (Å²) in [5, 5.41) is 30.3. The van der Waals surface area contributed by atoms with E-state index in [0.29, 0.717) is 64.5 Å². The van der Waals surface area contributed by atoms with Crippen LogP contribution in [0.1, 0.15) is 133 Å². The van der Waals surface area contributed by atoms with Crippen molar-refractivity contribution in [2.45, 2.75) is 126 Å². The van der Waals surface area contributed by atoms with E-state index in [4.69, 9.17) is 0 Å². The second kappa shape index (κ2) is 33.5. The van der Waals surface area contributed by atoms with E-state index in [1.54, 1.807) is 37.7 Å². The van der Waals surface area contributed by atoms with Crippen molar-refractivity contribution in [2.24, 2.45) is 0 Å². The van der Waals surface area contributed by atoms with Crippen molar-refractivity contribution in [1.82, 2.24) is 62.5 Å². The average molecular weight is 1180 g/mol. The molecule has 0 radical (unpaired) electrons. The fourth-order valence-electron chi connectivity index (χ4n) is 10.2. The van der Waals surface area contributed by atoms with Gasteiger partial charge in [-0.15, -0.1) is 24.8 Å². The van der Waals surface area contributed by atoms with E-state index in [-0.39, 0.29) is 97.6 Å². The molecule has 2 fully saturated rings. The summed E-state index contributed by atoms with van der Waals surface area (Å²) < 4.78 is 0. The Morgan fingerprint density at radius 1 is 0.518 bits per heavy atom. The molecule has 0 bridgehead atoms. The summed E-state index contributed by atoms with van der Waals surface area (Å²) in [7, 11) is 3.31. The first-order valence-electron chi connectivity index (χ1n) is 28.3. The van der Waals surface area contributed by atoms with Gasteiger partial charge >= 0.3 is 0 Å². The van der Waals surface area contributed by atoms with Crippen LogP contribution >= 0.6 is 24.8 Å². The molecule has 2 aliphatic heterocycles. The summed E-state index contributed by atoms with van der Waals surface area (Å²) in [6.07, 6.45) is 4.53. The fourth-order valence-corrected chi connectivity index (χ4v) is 10.2. The summed E-state index contributed by atoms with van der Waals surface area (Å²) in [6, 6.07) is 34.7. The van der Waals surface area contributed by atoms with Crippen LogP contribution < -0.4 is 42.5 Å². The van der Waals surface area contributed by atoms with Gasteiger partial charge in [-0.1, -0.05) is 121 Å². The lowest BCUT2D eigenvalue weighted by Gasteiger charge is -2.30. The number of nitrogens with zero attached hydrogens (tertiary/aromatic N) is 3. The van der Waals surface area contributed by atoms with E-state index in [1.165, 1.54) is 6.07 Å². The number of hydrogen-bond acceptors (Lipinski definition) is 11. The molecular weight excluding hydrogens is 1100 g/mol. The number of nitrogens with one attached hydrogen (secondary N) is 9. The molecule has 20 nitrogen and oxygen atoms in total. The normalized spacial score (nSPS) is 16.1. The highest BCUT2D eigenvalue weighted by molar-refractivity contribution is 5.98. The second-order valence-corrected chi connectivity index (χ2v) is 20.7. The van der Waals surface area contributed by atoms with E-state index in [9.17, 15) is 38.4 Å². The van der Waals surface area contributed by atoms with Gasteiger partial charge in [-0.05, 0) is 114 Å². The number of amides is 8. The molecule has 4 aromatic carbocycles. The number of H-pyrrole nitrogens is 1. The number of carbonyl (C=O) groups excluding carboxylic acids is 8. The molecule has 1 aromatic heterocycles. The molecule has 7 rings (SSSR count). The van der Waals surface area contributed by atoms with Crippen molar-refractivity contribution in [3.05, 3.63) is 161 Å². The maximum absolute atomic E-state index is 14.3. The molecule has 2 saturated heterocycles. The molecule has 9 N–H and O–H groups in total. The Hall–Kier alpha value is -7.65. The molecule has 83 heavy (non-hydrogen) atoms. The van der Waals surface area contributed by atoms with Gasteiger partial charge in [0.1, 0.15) is 29.9 Å².